The molecule has 2 amide bonds. The van der Waals surface area contributed by atoms with Crippen molar-refractivity contribution in [2.75, 3.05) is 25.2 Å². The molecule has 16 heteroatoms. The normalized spacial score (nSPS) is 18.8. The molecule has 0 radical (unpaired) electrons. The van der Waals surface area contributed by atoms with Crippen LogP contribution in [0.25, 0.3) is 5.65 Å². The van der Waals surface area contributed by atoms with Crippen LogP contribution in [0.2, 0.25) is 0 Å². The van der Waals surface area contributed by atoms with Crippen LogP contribution in [-0.4, -0.2) is 74.8 Å². The Hall–Kier alpha value is -4.44. The molecule has 2 atom stereocenters. The van der Waals surface area contributed by atoms with Crippen molar-refractivity contribution in [2.24, 2.45) is 5.16 Å². The van der Waals surface area contributed by atoms with E-state index in [1.54, 1.807) is 46.5 Å². The number of ether oxygens (including phenoxy) is 1. The summed E-state index contributed by atoms with van der Waals surface area (Å²) >= 11 is 2.38. The number of rotatable bonds is 9. The Morgan fingerprint density at radius 3 is 2.83 bits per heavy atom. The number of thioether (sulfide) groups is 1. The number of carboxylic acid groups (broad SMARTS) is 1. The number of β-lactam (4-membered cyclic amide) rings is 1. The van der Waals surface area contributed by atoms with Crippen molar-refractivity contribution in [2.45, 2.75) is 24.9 Å². The first-order valence-corrected chi connectivity index (χ1v) is 13.9. The molecule has 0 aromatic carbocycles. The molecular weight excluding hydrogens is 562 g/mol. The Bertz CT molecular complexity index is 1590. The standard InChI is InChI=1S/C24H23N7O7S2/c1-3-38-23(36)14-9-29-7-5-4-6-15(29)30(14)8-12-10-39-21-17(20(33)31(21)18(12)22(34)35)27-19(32)16(28-37-2)13-11-40-24(25)26-13/h4-7,9,11,17,21H,3,8,10H2,1-2H3,(H3-,25,26,27,32,34,35)/b28-16-/t17-,21-/m1/s1. The van der Waals surface area contributed by atoms with Crippen molar-refractivity contribution in [3.63, 3.8) is 0 Å². The van der Waals surface area contributed by atoms with Crippen molar-refractivity contribution >= 4 is 63.3 Å². The summed E-state index contributed by atoms with van der Waals surface area (Å²) in [4.78, 5) is 61.0. The second-order valence-electron chi connectivity index (χ2n) is 8.58. The molecule has 0 unspecified atom stereocenters. The van der Waals surface area contributed by atoms with Crippen molar-refractivity contribution in [1.29, 1.82) is 0 Å². The lowest BCUT2D eigenvalue weighted by Crippen LogP contribution is -2.71. The summed E-state index contributed by atoms with van der Waals surface area (Å²) in [7, 11) is 1.26. The number of aliphatic carboxylic acids is 1. The number of oxime groups is 1. The molecule has 208 valence electrons. The number of nitrogens with two attached hydrogens (primary N) is 1. The first kappa shape index (κ1) is 27.1. The largest absolute Gasteiger partial charge is 0.543 e. The second-order valence-corrected chi connectivity index (χ2v) is 10.6. The fraction of sp³-hybridized carbons (Fsp3) is 0.292. The minimum Gasteiger partial charge on any atom is -0.543 e. The molecule has 0 aliphatic carbocycles. The van der Waals surface area contributed by atoms with Gasteiger partial charge in [-0.25, -0.2) is 18.7 Å². The van der Waals surface area contributed by atoms with E-state index in [0.717, 1.165) is 16.2 Å². The van der Waals surface area contributed by atoms with Gasteiger partial charge < -0.3 is 30.5 Å². The fourth-order valence-electron chi connectivity index (χ4n) is 4.53. The average Bonchev–Trinajstić information content (AvgIpc) is 3.53. The summed E-state index contributed by atoms with van der Waals surface area (Å²) in [6, 6.07) is 4.33. The number of nitrogens with one attached hydrogen (secondary N) is 1. The average molecular weight is 586 g/mol. The number of anilines is 1. The van der Waals surface area contributed by atoms with Gasteiger partial charge in [0.2, 0.25) is 0 Å². The smallest absolute Gasteiger partial charge is 0.382 e. The third-order valence-corrected chi connectivity index (χ3v) is 8.23. The van der Waals surface area contributed by atoms with Crippen molar-refractivity contribution < 1.29 is 38.3 Å². The molecule has 0 spiro atoms. The van der Waals surface area contributed by atoms with E-state index in [1.807, 2.05) is 0 Å². The molecule has 5 rings (SSSR count). The summed E-state index contributed by atoms with van der Waals surface area (Å²) < 4.78 is 8.55. The molecule has 2 aliphatic heterocycles. The lowest BCUT2D eigenvalue weighted by Gasteiger charge is -2.50. The minimum atomic E-state index is -1.54. The number of hydrogen-bond acceptors (Lipinski definition) is 12. The van der Waals surface area contributed by atoms with Gasteiger partial charge >= 0.3 is 5.97 Å². The molecule has 40 heavy (non-hydrogen) atoms. The zero-order valence-electron chi connectivity index (χ0n) is 21.2. The topological polar surface area (TPSA) is 185 Å². The zero-order chi connectivity index (χ0) is 28.6. The van der Waals surface area contributed by atoms with E-state index in [0.29, 0.717) is 11.2 Å². The quantitative estimate of drug-likeness (QED) is 0.103. The van der Waals surface area contributed by atoms with E-state index < -0.39 is 35.2 Å². The monoisotopic (exact) mass is 585 g/mol. The van der Waals surface area contributed by atoms with Gasteiger partial charge in [-0.3, -0.25) is 14.5 Å². The van der Waals surface area contributed by atoms with Crippen LogP contribution in [0.1, 0.15) is 23.1 Å². The zero-order valence-corrected chi connectivity index (χ0v) is 22.9. The van der Waals surface area contributed by atoms with Crippen LogP contribution in [-0.2, 0) is 30.5 Å². The third kappa shape index (κ3) is 4.75. The van der Waals surface area contributed by atoms with Gasteiger partial charge in [-0.15, -0.1) is 23.1 Å². The Kier molecular flexibility index (Phi) is 7.44. The van der Waals surface area contributed by atoms with Gasteiger partial charge in [0, 0.05) is 22.8 Å². The van der Waals surface area contributed by atoms with E-state index >= 15 is 0 Å². The van der Waals surface area contributed by atoms with E-state index in [9.17, 15) is 24.3 Å². The van der Waals surface area contributed by atoms with Gasteiger partial charge in [0.05, 0.1) is 24.5 Å². The SMILES string of the molecule is CCOC(=O)c1c[n+]2ccccc2n1CC1=C(C(=O)[O-])N2C(=O)[C@@H](NC(=O)/C(=N\OC)c3csc(N)n3)[C@H]2SC1. The van der Waals surface area contributed by atoms with Gasteiger partial charge in [0.15, 0.2) is 17.0 Å². The number of amides is 2. The molecule has 1 saturated heterocycles. The van der Waals surface area contributed by atoms with Crippen LogP contribution in [0, 0.1) is 0 Å². The molecule has 3 aromatic heterocycles. The molecule has 2 aliphatic rings. The van der Waals surface area contributed by atoms with E-state index in [4.69, 9.17) is 15.3 Å². The third-order valence-electron chi connectivity index (χ3n) is 6.22. The first-order valence-electron chi connectivity index (χ1n) is 11.9. The summed E-state index contributed by atoms with van der Waals surface area (Å²) in [6.07, 6.45) is 3.35. The van der Waals surface area contributed by atoms with Crippen LogP contribution in [0.15, 0.2) is 52.4 Å². The number of carboxylic acids is 1. The maximum Gasteiger partial charge on any atom is 0.382 e. The highest BCUT2D eigenvalue weighted by Crippen LogP contribution is 2.40. The van der Waals surface area contributed by atoms with Crippen LogP contribution in [0.4, 0.5) is 5.13 Å². The predicted molar refractivity (Wildman–Crippen MR) is 141 cm³/mol. The number of fused-ring (bicyclic) bond motifs is 2. The highest BCUT2D eigenvalue weighted by atomic mass is 32.2. The Morgan fingerprint density at radius 2 is 2.15 bits per heavy atom. The fourth-order valence-corrected chi connectivity index (χ4v) is 6.41. The highest BCUT2D eigenvalue weighted by Gasteiger charge is 2.53. The number of esters is 1. The van der Waals surface area contributed by atoms with Gasteiger partial charge in [-0.2, -0.15) is 0 Å². The number of carbonyl (C=O) groups is 4. The number of thiazole rings is 1. The summed E-state index contributed by atoms with van der Waals surface area (Å²) in [5, 5.41) is 19.7. The Morgan fingerprint density at radius 1 is 1.35 bits per heavy atom. The maximum atomic E-state index is 13.2. The van der Waals surface area contributed by atoms with Crippen LogP contribution >= 0.6 is 23.1 Å². The number of hydrogen-bond donors (Lipinski definition) is 2. The van der Waals surface area contributed by atoms with E-state index in [1.165, 1.54) is 24.3 Å². The van der Waals surface area contributed by atoms with E-state index in [-0.39, 0.29) is 46.8 Å². The first-order chi connectivity index (χ1) is 19.2. The molecule has 1 fully saturated rings. The van der Waals surface area contributed by atoms with Crippen molar-refractivity contribution in [1.82, 2.24) is 19.8 Å². The van der Waals surface area contributed by atoms with Gasteiger partial charge in [0.1, 0.15) is 30.8 Å². The Balaban J connectivity index is 1.42. The summed E-state index contributed by atoms with van der Waals surface area (Å²) in [5.41, 5.74) is 6.57. The molecule has 3 aromatic rings. The molecule has 5 heterocycles. The number of nitrogen functional groups attached to an aromatic ring is 1. The predicted octanol–water partition coefficient (Wildman–Crippen LogP) is -1.10. The number of imidazole rings is 1. The summed E-state index contributed by atoms with van der Waals surface area (Å²) in [6.45, 7) is 1.85. The number of pyridine rings is 1. The summed E-state index contributed by atoms with van der Waals surface area (Å²) in [5.74, 6) is -3.27. The van der Waals surface area contributed by atoms with Crippen LogP contribution < -0.4 is 20.6 Å². The number of carbonyl (C=O) groups excluding carboxylic acids is 4. The Labute approximate surface area is 235 Å². The molecule has 0 bridgehead atoms. The van der Waals surface area contributed by atoms with Crippen LogP contribution in [0.3, 0.4) is 0 Å². The second kappa shape index (κ2) is 11.0. The molecular formula is C24H23N7O7S2. The molecule has 3 N–H and O–H groups in total. The van der Waals surface area contributed by atoms with Crippen molar-refractivity contribution in [3.8, 4) is 0 Å². The maximum absolute atomic E-state index is 13.2. The van der Waals surface area contributed by atoms with E-state index in [2.05, 4.69) is 15.5 Å². The van der Waals surface area contributed by atoms with Gasteiger partial charge in [0.25, 0.3) is 23.2 Å². The van der Waals surface area contributed by atoms with Gasteiger partial charge in [-0.1, -0.05) is 11.2 Å². The molecule has 14 nitrogen and oxygen atoms in total. The minimum absolute atomic E-state index is 0.00556. The van der Waals surface area contributed by atoms with Gasteiger partial charge in [-0.05, 0) is 13.0 Å². The van der Waals surface area contributed by atoms with Crippen molar-refractivity contribution in [3.05, 3.63) is 58.6 Å². The lowest BCUT2D eigenvalue weighted by atomic mass is 10.0. The highest BCUT2D eigenvalue weighted by molar-refractivity contribution is 8.00. The lowest BCUT2D eigenvalue weighted by molar-refractivity contribution is -0.510. The van der Waals surface area contributed by atoms with Crippen LogP contribution in [0.5, 0.6) is 0 Å². The number of nitrogens with zero attached hydrogens (tertiary/aromatic N) is 5. The number of aromatic nitrogens is 3. The molecule has 0 saturated carbocycles.